The summed E-state index contributed by atoms with van der Waals surface area (Å²) in [7, 11) is 0. The Kier molecular flexibility index (Phi) is 6.57. The highest BCUT2D eigenvalue weighted by Crippen LogP contribution is 2.15. The third kappa shape index (κ3) is 4.95. The molecule has 0 aromatic heterocycles. The van der Waals surface area contributed by atoms with E-state index in [9.17, 15) is 19.2 Å². The van der Waals surface area contributed by atoms with Crippen LogP contribution in [0.25, 0.3) is 0 Å². The van der Waals surface area contributed by atoms with E-state index in [0.29, 0.717) is 15.7 Å². The molecule has 1 aromatic rings. The van der Waals surface area contributed by atoms with Gasteiger partial charge in [-0.25, -0.2) is 9.69 Å². The summed E-state index contributed by atoms with van der Waals surface area (Å²) in [6.45, 7) is 3.66. The molecule has 1 fully saturated rings. The Morgan fingerprint density at radius 2 is 1.73 bits per heavy atom. The van der Waals surface area contributed by atoms with Crippen molar-refractivity contribution in [2.75, 3.05) is 26.2 Å². The highest BCUT2D eigenvalue weighted by atomic mass is 35.5. The maximum Gasteiger partial charge on any atom is 0.334 e. The van der Waals surface area contributed by atoms with Crippen LogP contribution in [0.15, 0.2) is 24.3 Å². The number of carbonyl (C=O) groups is 4. The Labute approximate surface area is 156 Å². The first-order valence-corrected chi connectivity index (χ1v) is 8.49. The van der Waals surface area contributed by atoms with Gasteiger partial charge in [-0.3, -0.25) is 19.3 Å². The summed E-state index contributed by atoms with van der Waals surface area (Å²) in [5.41, 5.74) is 0. The number of benzene rings is 1. The second-order valence-corrected chi connectivity index (χ2v) is 6.57. The number of nitrogens with one attached hydrogen (secondary N) is 1. The summed E-state index contributed by atoms with van der Waals surface area (Å²) in [6.07, 6.45) is 0. The van der Waals surface area contributed by atoms with E-state index in [1.807, 2.05) is 13.8 Å². The van der Waals surface area contributed by atoms with E-state index in [1.54, 1.807) is 24.3 Å². The van der Waals surface area contributed by atoms with Crippen molar-refractivity contribution >= 4 is 35.4 Å². The first kappa shape index (κ1) is 19.7. The molecule has 1 N–H and O–H groups in total. The molecule has 1 aliphatic rings. The minimum atomic E-state index is -0.983. The lowest BCUT2D eigenvalue weighted by molar-refractivity contribution is -0.144. The van der Waals surface area contributed by atoms with Gasteiger partial charge in [0.1, 0.15) is 18.9 Å². The van der Waals surface area contributed by atoms with Crippen molar-refractivity contribution in [1.29, 1.82) is 0 Å². The highest BCUT2D eigenvalue weighted by molar-refractivity contribution is 6.45. The van der Waals surface area contributed by atoms with Gasteiger partial charge in [0.15, 0.2) is 0 Å². The number of amides is 5. The van der Waals surface area contributed by atoms with Crippen LogP contribution in [-0.2, 0) is 14.4 Å². The van der Waals surface area contributed by atoms with Gasteiger partial charge < -0.3 is 10.1 Å². The second kappa shape index (κ2) is 8.66. The molecule has 0 unspecified atom stereocenters. The first-order valence-electron chi connectivity index (χ1n) is 8.12. The Bertz CT molecular complexity index is 705. The molecule has 26 heavy (non-hydrogen) atoms. The molecule has 0 radical (unpaired) electrons. The van der Waals surface area contributed by atoms with Gasteiger partial charge in [-0.15, -0.1) is 0 Å². The van der Waals surface area contributed by atoms with Gasteiger partial charge in [-0.05, 0) is 30.2 Å². The van der Waals surface area contributed by atoms with Gasteiger partial charge in [-0.1, -0.05) is 25.4 Å². The minimum absolute atomic E-state index is 0.0227. The zero-order valence-electron chi connectivity index (χ0n) is 14.5. The zero-order valence-corrected chi connectivity index (χ0v) is 15.3. The van der Waals surface area contributed by atoms with E-state index in [2.05, 4.69) is 5.32 Å². The molecule has 1 saturated heterocycles. The van der Waals surface area contributed by atoms with Crippen LogP contribution in [0.2, 0.25) is 5.02 Å². The van der Waals surface area contributed by atoms with Gasteiger partial charge >= 0.3 is 17.8 Å². The lowest BCUT2D eigenvalue weighted by Gasteiger charge is -2.16. The molecular formula is C17H20ClN3O5. The Morgan fingerprint density at radius 3 is 2.35 bits per heavy atom. The summed E-state index contributed by atoms with van der Waals surface area (Å²) in [4.78, 5) is 49.3. The maximum absolute atomic E-state index is 12.1. The van der Waals surface area contributed by atoms with E-state index in [0.717, 1.165) is 4.90 Å². The number of imide groups is 2. The molecule has 1 aromatic carbocycles. The molecule has 9 heteroatoms. The molecule has 140 valence electrons. The number of rotatable bonds is 8. The van der Waals surface area contributed by atoms with Crippen molar-refractivity contribution in [2.45, 2.75) is 13.8 Å². The van der Waals surface area contributed by atoms with E-state index in [4.69, 9.17) is 16.3 Å². The Hall–Kier alpha value is -2.61. The quantitative estimate of drug-likeness (QED) is 0.416. The fraction of sp³-hybridized carbons (Fsp3) is 0.412. The number of hydrogen-bond donors (Lipinski definition) is 1. The van der Waals surface area contributed by atoms with Crippen LogP contribution >= 0.6 is 11.6 Å². The number of ether oxygens (including phenoxy) is 1. The molecule has 5 amide bonds. The third-order valence-corrected chi connectivity index (χ3v) is 3.74. The van der Waals surface area contributed by atoms with Crippen molar-refractivity contribution in [3.63, 3.8) is 0 Å². The molecule has 0 aliphatic carbocycles. The molecule has 8 nitrogen and oxygen atoms in total. The molecule has 0 atom stereocenters. The average Bonchev–Trinajstić information content (AvgIpc) is 2.78. The van der Waals surface area contributed by atoms with Crippen molar-refractivity contribution in [3.8, 4) is 5.75 Å². The summed E-state index contributed by atoms with van der Waals surface area (Å²) in [5.74, 6) is -1.81. The first-order chi connectivity index (χ1) is 12.3. The van der Waals surface area contributed by atoms with E-state index >= 15 is 0 Å². The van der Waals surface area contributed by atoms with Crippen LogP contribution in [0.1, 0.15) is 13.8 Å². The van der Waals surface area contributed by atoms with Crippen molar-refractivity contribution in [3.05, 3.63) is 29.3 Å². The predicted octanol–water partition coefficient (Wildman–Crippen LogP) is 1.28. The van der Waals surface area contributed by atoms with E-state index in [-0.39, 0.29) is 25.6 Å². The second-order valence-electron chi connectivity index (χ2n) is 6.14. The molecular weight excluding hydrogens is 362 g/mol. The molecule has 0 bridgehead atoms. The van der Waals surface area contributed by atoms with Crippen molar-refractivity contribution in [1.82, 2.24) is 15.1 Å². The van der Waals surface area contributed by atoms with Crippen LogP contribution < -0.4 is 10.1 Å². The lowest BCUT2D eigenvalue weighted by atomic mass is 10.2. The fourth-order valence-electron chi connectivity index (χ4n) is 2.31. The topological polar surface area (TPSA) is 96.0 Å². The minimum Gasteiger partial charge on any atom is -0.492 e. The Morgan fingerprint density at radius 1 is 1.12 bits per heavy atom. The van der Waals surface area contributed by atoms with E-state index < -0.39 is 30.3 Å². The third-order valence-electron chi connectivity index (χ3n) is 3.49. The summed E-state index contributed by atoms with van der Waals surface area (Å²) in [6, 6.07) is 5.99. The van der Waals surface area contributed by atoms with Gasteiger partial charge in [0, 0.05) is 11.6 Å². The fourth-order valence-corrected chi connectivity index (χ4v) is 2.43. The molecule has 0 spiro atoms. The number of urea groups is 1. The molecule has 1 heterocycles. The Balaban J connectivity index is 1.78. The number of nitrogens with zero attached hydrogens (tertiary/aromatic N) is 2. The van der Waals surface area contributed by atoms with Crippen LogP contribution in [0.3, 0.4) is 0 Å². The number of hydrogen-bond acceptors (Lipinski definition) is 5. The summed E-state index contributed by atoms with van der Waals surface area (Å²) in [5, 5.41) is 3.13. The SMILES string of the molecule is CC(C)CN1C(=O)C(=O)N(CC(=O)NCCOc2ccc(Cl)cc2)C1=O. The van der Waals surface area contributed by atoms with Crippen molar-refractivity contribution < 1.29 is 23.9 Å². The van der Waals surface area contributed by atoms with Crippen LogP contribution in [-0.4, -0.2) is 59.8 Å². The van der Waals surface area contributed by atoms with Crippen LogP contribution in [0.4, 0.5) is 4.79 Å². The van der Waals surface area contributed by atoms with Crippen LogP contribution in [0, 0.1) is 5.92 Å². The summed E-state index contributed by atoms with van der Waals surface area (Å²) >= 11 is 5.77. The standard InChI is InChI=1S/C17H20ClN3O5/c1-11(2)9-20-15(23)16(24)21(17(20)25)10-14(22)19-7-8-26-13-5-3-12(18)4-6-13/h3-6,11H,7-10H2,1-2H3,(H,19,22). The molecule has 0 saturated carbocycles. The maximum atomic E-state index is 12.1. The van der Waals surface area contributed by atoms with Crippen LogP contribution in [0.5, 0.6) is 5.75 Å². The van der Waals surface area contributed by atoms with Gasteiger partial charge in [0.05, 0.1) is 6.54 Å². The van der Waals surface area contributed by atoms with Gasteiger partial charge in [0.25, 0.3) is 0 Å². The molecule has 2 rings (SSSR count). The van der Waals surface area contributed by atoms with Gasteiger partial charge in [-0.2, -0.15) is 0 Å². The summed E-state index contributed by atoms with van der Waals surface area (Å²) < 4.78 is 5.42. The lowest BCUT2D eigenvalue weighted by Crippen LogP contribution is -2.42. The zero-order chi connectivity index (χ0) is 19.3. The highest BCUT2D eigenvalue weighted by Gasteiger charge is 2.45. The number of halogens is 1. The number of carbonyl (C=O) groups excluding carboxylic acids is 4. The van der Waals surface area contributed by atoms with Crippen molar-refractivity contribution in [2.24, 2.45) is 5.92 Å². The monoisotopic (exact) mass is 381 g/mol. The smallest absolute Gasteiger partial charge is 0.334 e. The van der Waals surface area contributed by atoms with E-state index in [1.165, 1.54) is 0 Å². The average molecular weight is 382 g/mol. The molecule has 1 aliphatic heterocycles. The normalized spacial score (nSPS) is 14.4. The predicted molar refractivity (Wildman–Crippen MR) is 93.6 cm³/mol. The largest absolute Gasteiger partial charge is 0.492 e. The van der Waals surface area contributed by atoms with Gasteiger partial charge in [0.2, 0.25) is 5.91 Å².